The minimum atomic E-state index is -0.0495. The summed E-state index contributed by atoms with van der Waals surface area (Å²) in [6.45, 7) is 0.414. The van der Waals surface area contributed by atoms with Crippen LogP contribution in [0.3, 0.4) is 0 Å². The van der Waals surface area contributed by atoms with Gasteiger partial charge >= 0.3 is 0 Å². The van der Waals surface area contributed by atoms with Crippen molar-refractivity contribution in [3.63, 3.8) is 0 Å². The number of fused-ring (bicyclic) bond motifs is 1. The summed E-state index contributed by atoms with van der Waals surface area (Å²) in [6.07, 6.45) is 3.94. The lowest BCUT2D eigenvalue weighted by molar-refractivity contribution is -0.128. The molecule has 5 heteroatoms. The molecular formula is C13H17N3O2. The molecule has 0 fully saturated rings. The highest BCUT2D eigenvalue weighted by atomic mass is 16.2. The van der Waals surface area contributed by atoms with Gasteiger partial charge in [0, 0.05) is 51.9 Å². The molecule has 0 aliphatic heterocycles. The number of hydrogen-bond donors (Lipinski definition) is 0. The Morgan fingerprint density at radius 3 is 2.61 bits per heavy atom. The Bertz CT molecular complexity index is 637. The Kier molecular flexibility index (Phi) is 3.23. The lowest BCUT2D eigenvalue weighted by atomic mass is 10.3. The van der Waals surface area contributed by atoms with Crippen molar-refractivity contribution in [1.82, 2.24) is 14.0 Å². The van der Waals surface area contributed by atoms with Gasteiger partial charge in [0.05, 0.1) is 0 Å². The van der Waals surface area contributed by atoms with Crippen molar-refractivity contribution in [3.8, 4) is 0 Å². The van der Waals surface area contributed by atoms with Crippen molar-refractivity contribution < 1.29 is 4.79 Å². The zero-order valence-electron chi connectivity index (χ0n) is 10.9. The number of amides is 1. The van der Waals surface area contributed by atoms with Crippen molar-refractivity contribution in [2.45, 2.75) is 13.0 Å². The number of hydrogen-bond acceptors (Lipinski definition) is 2. The number of carbonyl (C=O) groups is 1. The standard InChI is InChI=1S/C13H17N3O2/c1-14(2)11(17)6-9-16-8-5-10-4-7-15(3)12(10)13(16)18/h4-5,7-8H,6,9H2,1-3H3. The maximum Gasteiger partial charge on any atom is 0.275 e. The summed E-state index contributed by atoms with van der Waals surface area (Å²) in [6, 6.07) is 3.81. The molecule has 2 aromatic rings. The van der Waals surface area contributed by atoms with E-state index < -0.39 is 0 Å². The van der Waals surface area contributed by atoms with E-state index in [9.17, 15) is 9.59 Å². The Labute approximate surface area is 105 Å². The number of aryl methyl sites for hydroxylation is 2. The lowest BCUT2D eigenvalue weighted by Gasteiger charge is -2.11. The van der Waals surface area contributed by atoms with Crippen LogP contribution in [0.1, 0.15) is 6.42 Å². The molecule has 18 heavy (non-hydrogen) atoms. The quantitative estimate of drug-likeness (QED) is 0.806. The van der Waals surface area contributed by atoms with Crippen LogP contribution in [0.4, 0.5) is 0 Å². The van der Waals surface area contributed by atoms with Crippen molar-refractivity contribution in [2.75, 3.05) is 14.1 Å². The van der Waals surface area contributed by atoms with E-state index in [2.05, 4.69) is 0 Å². The van der Waals surface area contributed by atoms with Crippen molar-refractivity contribution in [3.05, 3.63) is 34.9 Å². The molecule has 5 nitrogen and oxygen atoms in total. The highest BCUT2D eigenvalue weighted by Gasteiger charge is 2.08. The van der Waals surface area contributed by atoms with E-state index in [0.29, 0.717) is 18.5 Å². The normalized spacial score (nSPS) is 10.8. The van der Waals surface area contributed by atoms with Gasteiger partial charge in [-0.25, -0.2) is 0 Å². The summed E-state index contributed by atoms with van der Waals surface area (Å²) >= 11 is 0. The lowest BCUT2D eigenvalue weighted by Crippen LogP contribution is -2.26. The third-order valence-electron chi connectivity index (χ3n) is 3.07. The molecule has 96 valence electrons. The van der Waals surface area contributed by atoms with Crippen LogP contribution in [0, 0.1) is 0 Å². The molecule has 1 amide bonds. The molecule has 0 aromatic carbocycles. The van der Waals surface area contributed by atoms with Crippen LogP contribution in [0.2, 0.25) is 0 Å². The molecule has 0 aliphatic carbocycles. The van der Waals surface area contributed by atoms with Crippen LogP contribution in [0.15, 0.2) is 29.3 Å². The third-order valence-corrected chi connectivity index (χ3v) is 3.07. The van der Waals surface area contributed by atoms with Gasteiger partial charge in [0.25, 0.3) is 5.56 Å². The molecule has 0 atom stereocenters. The molecular weight excluding hydrogens is 230 g/mol. The molecule has 0 radical (unpaired) electrons. The second-order valence-electron chi connectivity index (χ2n) is 4.58. The Morgan fingerprint density at radius 2 is 1.94 bits per heavy atom. The highest BCUT2D eigenvalue weighted by Crippen LogP contribution is 2.09. The first kappa shape index (κ1) is 12.4. The molecule has 0 spiro atoms. The van der Waals surface area contributed by atoms with E-state index in [0.717, 1.165) is 5.39 Å². The molecule has 2 heterocycles. The van der Waals surface area contributed by atoms with E-state index >= 15 is 0 Å². The van der Waals surface area contributed by atoms with Gasteiger partial charge in [0.15, 0.2) is 0 Å². The molecule has 0 bridgehead atoms. The summed E-state index contributed by atoms with van der Waals surface area (Å²) < 4.78 is 3.39. The van der Waals surface area contributed by atoms with Gasteiger partial charge in [0.2, 0.25) is 5.91 Å². The Balaban J connectivity index is 2.29. The van der Waals surface area contributed by atoms with Gasteiger partial charge in [-0.1, -0.05) is 0 Å². The zero-order chi connectivity index (χ0) is 13.3. The smallest absolute Gasteiger partial charge is 0.275 e. The number of rotatable bonds is 3. The van der Waals surface area contributed by atoms with Crippen molar-refractivity contribution >= 4 is 16.8 Å². The minimum Gasteiger partial charge on any atom is -0.349 e. The van der Waals surface area contributed by atoms with E-state index in [1.54, 1.807) is 24.9 Å². The summed E-state index contributed by atoms with van der Waals surface area (Å²) in [5.41, 5.74) is 0.626. The predicted molar refractivity (Wildman–Crippen MR) is 70.5 cm³/mol. The van der Waals surface area contributed by atoms with Crippen molar-refractivity contribution in [1.29, 1.82) is 0 Å². The van der Waals surface area contributed by atoms with Gasteiger partial charge in [-0.05, 0) is 12.1 Å². The molecule has 0 unspecified atom stereocenters. The summed E-state index contributed by atoms with van der Waals surface area (Å²) in [5, 5.41) is 0.928. The van der Waals surface area contributed by atoms with Crippen LogP contribution >= 0.6 is 0 Å². The highest BCUT2D eigenvalue weighted by molar-refractivity contribution is 5.79. The number of nitrogens with zero attached hydrogens (tertiary/aromatic N) is 3. The fraction of sp³-hybridized carbons (Fsp3) is 0.385. The van der Waals surface area contributed by atoms with Gasteiger partial charge in [-0.15, -0.1) is 0 Å². The molecule has 2 rings (SSSR count). The Hall–Kier alpha value is -2.04. The van der Waals surface area contributed by atoms with Crippen LogP contribution in [0.25, 0.3) is 10.9 Å². The topological polar surface area (TPSA) is 47.2 Å². The average Bonchev–Trinajstić information content (AvgIpc) is 2.70. The summed E-state index contributed by atoms with van der Waals surface area (Å²) in [4.78, 5) is 25.3. The zero-order valence-corrected chi connectivity index (χ0v) is 10.9. The Morgan fingerprint density at radius 1 is 1.28 bits per heavy atom. The average molecular weight is 247 g/mol. The fourth-order valence-electron chi connectivity index (χ4n) is 1.95. The second-order valence-corrected chi connectivity index (χ2v) is 4.58. The second kappa shape index (κ2) is 4.68. The first-order valence-electron chi connectivity index (χ1n) is 5.85. The monoisotopic (exact) mass is 247 g/mol. The molecule has 0 saturated heterocycles. The van der Waals surface area contributed by atoms with Crippen LogP contribution in [0.5, 0.6) is 0 Å². The first-order valence-corrected chi connectivity index (χ1v) is 5.85. The summed E-state index contributed by atoms with van der Waals surface area (Å²) in [7, 11) is 5.27. The number of pyridine rings is 1. The van der Waals surface area contributed by atoms with E-state index in [4.69, 9.17) is 0 Å². The van der Waals surface area contributed by atoms with E-state index in [-0.39, 0.29) is 11.5 Å². The largest absolute Gasteiger partial charge is 0.349 e. The maximum absolute atomic E-state index is 12.2. The number of carbonyl (C=O) groups excluding carboxylic acids is 1. The summed E-state index contributed by atoms with van der Waals surface area (Å²) in [5.74, 6) is 0.0221. The van der Waals surface area contributed by atoms with E-state index in [1.165, 1.54) is 4.90 Å². The minimum absolute atomic E-state index is 0.0221. The molecule has 2 aromatic heterocycles. The van der Waals surface area contributed by atoms with E-state index in [1.807, 2.05) is 29.9 Å². The molecule has 0 saturated carbocycles. The van der Waals surface area contributed by atoms with Gasteiger partial charge in [0.1, 0.15) is 5.52 Å². The predicted octanol–water partition coefficient (Wildman–Crippen LogP) is 0.818. The van der Waals surface area contributed by atoms with Gasteiger partial charge < -0.3 is 14.0 Å². The molecule has 0 aliphatic rings. The fourth-order valence-corrected chi connectivity index (χ4v) is 1.95. The van der Waals surface area contributed by atoms with Gasteiger partial charge in [-0.3, -0.25) is 9.59 Å². The first-order chi connectivity index (χ1) is 8.50. The van der Waals surface area contributed by atoms with Crippen LogP contribution in [-0.2, 0) is 18.4 Å². The SMILES string of the molecule is CN(C)C(=O)CCn1ccc2ccn(C)c2c1=O. The maximum atomic E-state index is 12.2. The van der Waals surface area contributed by atoms with Crippen molar-refractivity contribution in [2.24, 2.45) is 7.05 Å². The van der Waals surface area contributed by atoms with Crippen LogP contribution in [-0.4, -0.2) is 34.0 Å². The van der Waals surface area contributed by atoms with Gasteiger partial charge in [-0.2, -0.15) is 0 Å². The van der Waals surface area contributed by atoms with Crippen LogP contribution < -0.4 is 5.56 Å². The third kappa shape index (κ3) is 2.16. The number of aromatic nitrogens is 2. The molecule has 0 N–H and O–H groups in total.